The monoisotopic (exact) mass is 218 g/mol. The molecule has 1 aromatic carbocycles. The summed E-state index contributed by atoms with van der Waals surface area (Å²) >= 11 is 0. The van der Waals surface area contributed by atoms with Crippen LogP contribution in [0.5, 0.6) is 5.95 Å². The molecule has 0 aliphatic heterocycles. The van der Waals surface area contributed by atoms with Gasteiger partial charge in [0.25, 0.3) is 5.95 Å². The highest BCUT2D eigenvalue weighted by Gasteiger charge is 2.08. The van der Waals surface area contributed by atoms with Gasteiger partial charge < -0.3 is 14.3 Å². The van der Waals surface area contributed by atoms with Crippen LogP contribution in [0.15, 0.2) is 47.1 Å². The first-order valence-corrected chi connectivity index (χ1v) is 4.74. The average Bonchev–Trinajstić information content (AvgIpc) is 2.76. The van der Waals surface area contributed by atoms with Crippen molar-refractivity contribution in [3.63, 3.8) is 0 Å². The van der Waals surface area contributed by atoms with E-state index in [1.165, 1.54) is 6.07 Å². The predicted molar refractivity (Wildman–Crippen MR) is 56.4 cm³/mol. The lowest BCUT2D eigenvalue weighted by Gasteiger charge is -2.01. The van der Waals surface area contributed by atoms with Gasteiger partial charge in [-0.05, 0) is 5.56 Å². The van der Waals surface area contributed by atoms with E-state index in [-0.39, 0.29) is 11.5 Å². The van der Waals surface area contributed by atoms with Crippen LogP contribution in [0.1, 0.15) is 15.9 Å². The van der Waals surface area contributed by atoms with Crippen LogP contribution in [0.25, 0.3) is 0 Å². The molecule has 4 heteroatoms. The van der Waals surface area contributed by atoms with E-state index in [0.717, 1.165) is 11.8 Å². The molecule has 1 N–H and O–H groups in total. The van der Waals surface area contributed by atoms with Crippen molar-refractivity contribution in [2.75, 3.05) is 0 Å². The third-order valence-corrected chi connectivity index (χ3v) is 2.05. The summed E-state index contributed by atoms with van der Waals surface area (Å²) in [5, 5.41) is 8.67. The molecule has 0 unspecified atom stereocenters. The van der Waals surface area contributed by atoms with Crippen molar-refractivity contribution in [1.29, 1.82) is 0 Å². The number of carboxylic acid groups (broad SMARTS) is 1. The Balaban J connectivity index is 1.97. The summed E-state index contributed by atoms with van der Waals surface area (Å²) in [4.78, 5) is 10.6. The molecular formula is C12H10O4. The smallest absolute Gasteiger partial charge is 0.339 e. The number of carboxylic acids is 1. The van der Waals surface area contributed by atoms with E-state index in [0.29, 0.717) is 6.61 Å². The number of furan rings is 1. The van der Waals surface area contributed by atoms with Gasteiger partial charge in [-0.1, -0.05) is 30.3 Å². The molecule has 1 aromatic heterocycles. The lowest BCUT2D eigenvalue weighted by Crippen LogP contribution is -1.94. The van der Waals surface area contributed by atoms with Crippen LogP contribution < -0.4 is 4.74 Å². The van der Waals surface area contributed by atoms with E-state index in [1.54, 1.807) is 0 Å². The maximum atomic E-state index is 10.6. The molecule has 1 heterocycles. The Morgan fingerprint density at radius 1 is 1.31 bits per heavy atom. The number of aromatic carboxylic acids is 1. The largest absolute Gasteiger partial charge is 0.478 e. The molecule has 2 rings (SSSR count). The van der Waals surface area contributed by atoms with E-state index in [1.807, 2.05) is 30.3 Å². The van der Waals surface area contributed by atoms with Crippen molar-refractivity contribution in [2.45, 2.75) is 6.61 Å². The zero-order valence-corrected chi connectivity index (χ0v) is 8.42. The molecule has 0 radical (unpaired) electrons. The summed E-state index contributed by atoms with van der Waals surface area (Å²) in [6.07, 6.45) is 1.16. The van der Waals surface area contributed by atoms with Crippen molar-refractivity contribution in [1.82, 2.24) is 0 Å². The Bertz CT molecular complexity index is 473. The Hall–Kier alpha value is -2.23. The molecule has 82 valence electrons. The molecule has 0 saturated carbocycles. The Morgan fingerprint density at radius 2 is 2.06 bits per heavy atom. The number of hydrogen-bond acceptors (Lipinski definition) is 3. The van der Waals surface area contributed by atoms with E-state index in [4.69, 9.17) is 14.3 Å². The summed E-state index contributed by atoms with van der Waals surface area (Å²) in [5.41, 5.74) is 1.08. The van der Waals surface area contributed by atoms with Crippen LogP contribution >= 0.6 is 0 Å². The molecule has 0 aliphatic rings. The molecule has 0 bridgehead atoms. The van der Waals surface area contributed by atoms with Crippen LogP contribution in [0.4, 0.5) is 0 Å². The molecule has 0 spiro atoms. The van der Waals surface area contributed by atoms with E-state index >= 15 is 0 Å². The lowest BCUT2D eigenvalue weighted by atomic mass is 10.2. The predicted octanol–water partition coefficient (Wildman–Crippen LogP) is 2.56. The number of benzene rings is 1. The normalized spacial score (nSPS) is 10.0. The summed E-state index contributed by atoms with van der Waals surface area (Å²) in [6, 6.07) is 10.9. The number of hydrogen-bond donors (Lipinski definition) is 1. The second kappa shape index (κ2) is 4.53. The summed E-state index contributed by atoms with van der Waals surface area (Å²) in [6.45, 7) is 0.355. The zero-order valence-electron chi connectivity index (χ0n) is 8.42. The number of rotatable bonds is 4. The zero-order chi connectivity index (χ0) is 11.4. The van der Waals surface area contributed by atoms with Gasteiger partial charge in [0, 0.05) is 6.07 Å². The van der Waals surface area contributed by atoms with Gasteiger partial charge in [-0.2, -0.15) is 0 Å². The van der Waals surface area contributed by atoms with Crippen molar-refractivity contribution < 1.29 is 19.1 Å². The summed E-state index contributed by atoms with van der Waals surface area (Å²) in [7, 11) is 0. The molecule has 0 saturated heterocycles. The van der Waals surface area contributed by atoms with Crippen molar-refractivity contribution >= 4 is 5.97 Å². The van der Waals surface area contributed by atoms with Crippen molar-refractivity contribution in [3.05, 3.63) is 53.8 Å². The highest BCUT2D eigenvalue weighted by molar-refractivity contribution is 5.87. The second-order valence-corrected chi connectivity index (χ2v) is 3.23. The maximum Gasteiger partial charge on any atom is 0.339 e. The Labute approximate surface area is 92.1 Å². The number of ether oxygens (including phenoxy) is 1. The molecular weight excluding hydrogens is 208 g/mol. The minimum absolute atomic E-state index is 0.0862. The fraction of sp³-hybridized carbons (Fsp3) is 0.0833. The second-order valence-electron chi connectivity index (χ2n) is 3.23. The first-order valence-electron chi connectivity index (χ1n) is 4.74. The third kappa shape index (κ3) is 2.42. The molecule has 16 heavy (non-hydrogen) atoms. The van der Waals surface area contributed by atoms with Crippen molar-refractivity contribution in [3.8, 4) is 5.95 Å². The topological polar surface area (TPSA) is 59.7 Å². The minimum Gasteiger partial charge on any atom is -0.478 e. The maximum absolute atomic E-state index is 10.6. The Morgan fingerprint density at radius 3 is 2.69 bits per heavy atom. The average molecular weight is 218 g/mol. The SMILES string of the molecule is O=C(O)c1coc(OCc2ccccc2)c1. The van der Waals surface area contributed by atoms with Crippen LogP contribution in [0, 0.1) is 0 Å². The van der Waals surface area contributed by atoms with Crippen molar-refractivity contribution in [2.24, 2.45) is 0 Å². The lowest BCUT2D eigenvalue weighted by molar-refractivity contribution is 0.0696. The highest BCUT2D eigenvalue weighted by Crippen LogP contribution is 2.17. The van der Waals surface area contributed by atoms with E-state index in [9.17, 15) is 4.79 Å². The van der Waals surface area contributed by atoms with Gasteiger partial charge in [-0.25, -0.2) is 4.79 Å². The molecule has 0 amide bonds. The van der Waals surface area contributed by atoms with Gasteiger partial charge in [-0.15, -0.1) is 0 Å². The Kier molecular flexibility index (Phi) is 2.91. The fourth-order valence-electron chi connectivity index (χ4n) is 1.23. The van der Waals surface area contributed by atoms with E-state index < -0.39 is 5.97 Å². The highest BCUT2D eigenvalue weighted by atomic mass is 16.6. The fourth-order valence-corrected chi connectivity index (χ4v) is 1.23. The molecule has 2 aromatic rings. The summed E-state index contributed by atoms with van der Waals surface area (Å²) in [5.74, 6) is -0.820. The quantitative estimate of drug-likeness (QED) is 0.856. The van der Waals surface area contributed by atoms with Gasteiger partial charge in [0.05, 0.1) is 0 Å². The molecule has 0 fully saturated rings. The van der Waals surface area contributed by atoms with Crippen LogP contribution in [-0.4, -0.2) is 11.1 Å². The van der Waals surface area contributed by atoms with Gasteiger partial charge in [0.1, 0.15) is 18.4 Å². The summed E-state index contributed by atoms with van der Waals surface area (Å²) < 4.78 is 10.2. The van der Waals surface area contributed by atoms with Crippen LogP contribution in [0.2, 0.25) is 0 Å². The van der Waals surface area contributed by atoms with Gasteiger partial charge in [0.15, 0.2) is 0 Å². The van der Waals surface area contributed by atoms with Crippen LogP contribution in [0.3, 0.4) is 0 Å². The third-order valence-electron chi connectivity index (χ3n) is 2.05. The molecule has 0 aliphatic carbocycles. The van der Waals surface area contributed by atoms with Gasteiger partial charge in [-0.3, -0.25) is 0 Å². The molecule has 4 nitrogen and oxygen atoms in total. The van der Waals surface area contributed by atoms with Crippen LogP contribution in [-0.2, 0) is 6.61 Å². The standard InChI is InChI=1S/C12H10O4/c13-12(14)10-6-11(16-8-10)15-7-9-4-2-1-3-5-9/h1-6,8H,7H2,(H,13,14). The first-order chi connectivity index (χ1) is 7.75. The molecule has 0 atom stereocenters. The van der Waals surface area contributed by atoms with Gasteiger partial charge >= 0.3 is 5.97 Å². The minimum atomic E-state index is -1.03. The van der Waals surface area contributed by atoms with E-state index in [2.05, 4.69) is 0 Å². The number of carbonyl (C=O) groups is 1. The first kappa shape index (κ1) is 10.3. The van der Waals surface area contributed by atoms with Gasteiger partial charge in [0.2, 0.25) is 0 Å².